The Balaban J connectivity index is 1.29. The topological polar surface area (TPSA) is 65.0 Å². The Morgan fingerprint density at radius 2 is 1.61 bits per heavy atom. The molecule has 1 amide bonds. The molecule has 0 bridgehead atoms. The molecule has 0 aliphatic rings. The number of furan rings is 1. The minimum absolute atomic E-state index is 0.254. The molecule has 0 saturated carbocycles. The van der Waals surface area contributed by atoms with E-state index in [4.69, 9.17) is 9.40 Å². The number of para-hydroxylation sites is 2. The minimum atomic E-state index is -0.314. The molecule has 0 radical (unpaired) electrons. The van der Waals surface area contributed by atoms with Crippen LogP contribution in [-0.2, 0) is 19.6 Å². The third-order valence-corrected chi connectivity index (χ3v) is 6.31. The molecule has 0 aliphatic carbocycles. The van der Waals surface area contributed by atoms with Crippen molar-refractivity contribution in [2.45, 2.75) is 19.6 Å². The SMILES string of the molecule is O=C(NCc1nc2ccccc2n1Cc1ccccc1)c1cc2occc2n1Cc1cccc(F)c1. The van der Waals surface area contributed by atoms with Gasteiger partial charge in [-0.3, -0.25) is 4.79 Å². The van der Waals surface area contributed by atoms with E-state index in [-0.39, 0.29) is 18.3 Å². The van der Waals surface area contributed by atoms with Gasteiger partial charge in [-0.25, -0.2) is 9.37 Å². The van der Waals surface area contributed by atoms with E-state index in [0.29, 0.717) is 24.4 Å². The van der Waals surface area contributed by atoms with Gasteiger partial charge in [-0.1, -0.05) is 54.6 Å². The zero-order valence-electron chi connectivity index (χ0n) is 19.4. The van der Waals surface area contributed by atoms with Crippen LogP contribution in [0.2, 0.25) is 0 Å². The number of fused-ring (bicyclic) bond motifs is 2. The van der Waals surface area contributed by atoms with Crippen LogP contribution in [-0.4, -0.2) is 20.0 Å². The smallest absolute Gasteiger partial charge is 0.268 e. The van der Waals surface area contributed by atoms with Crippen LogP contribution in [0.3, 0.4) is 0 Å². The van der Waals surface area contributed by atoms with Gasteiger partial charge in [-0.15, -0.1) is 0 Å². The van der Waals surface area contributed by atoms with Crippen LogP contribution in [0.5, 0.6) is 0 Å². The average molecular weight is 479 g/mol. The summed E-state index contributed by atoms with van der Waals surface area (Å²) in [5, 5.41) is 3.03. The number of carbonyl (C=O) groups excluding carboxylic acids is 1. The van der Waals surface area contributed by atoms with E-state index in [1.54, 1.807) is 18.4 Å². The summed E-state index contributed by atoms with van der Waals surface area (Å²) in [5.41, 5.74) is 5.63. The van der Waals surface area contributed by atoms with Crippen LogP contribution in [0.4, 0.5) is 4.39 Å². The summed E-state index contributed by atoms with van der Waals surface area (Å²) in [4.78, 5) is 18.2. The van der Waals surface area contributed by atoms with Crippen molar-refractivity contribution >= 4 is 28.0 Å². The van der Waals surface area contributed by atoms with Crippen molar-refractivity contribution < 1.29 is 13.6 Å². The first-order valence-corrected chi connectivity index (χ1v) is 11.7. The maximum absolute atomic E-state index is 13.8. The lowest BCUT2D eigenvalue weighted by Crippen LogP contribution is -2.27. The summed E-state index contributed by atoms with van der Waals surface area (Å²) in [6, 6.07) is 28.0. The Morgan fingerprint density at radius 3 is 2.47 bits per heavy atom. The molecule has 0 unspecified atom stereocenters. The number of carbonyl (C=O) groups is 1. The van der Waals surface area contributed by atoms with Gasteiger partial charge >= 0.3 is 0 Å². The predicted octanol–water partition coefficient (Wildman–Crippen LogP) is 5.75. The fourth-order valence-electron chi connectivity index (χ4n) is 4.61. The molecular weight excluding hydrogens is 455 g/mol. The predicted molar refractivity (Wildman–Crippen MR) is 136 cm³/mol. The molecule has 1 N–H and O–H groups in total. The Kier molecular flexibility index (Phi) is 5.58. The number of amides is 1. The third kappa shape index (κ3) is 4.15. The van der Waals surface area contributed by atoms with Crippen molar-refractivity contribution in [3.63, 3.8) is 0 Å². The number of imidazole rings is 1. The number of nitrogens with zero attached hydrogens (tertiary/aromatic N) is 3. The van der Waals surface area contributed by atoms with E-state index < -0.39 is 0 Å². The second-order valence-electron chi connectivity index (χ2n) is 8.69. The molecule has 6 rings (SSSR count). The number of hydrogen-bond acceptors (Lipinski definition) is 3. The van der Waals surface area contributed by atoms with Gasteiger partial charge in [0.1, 0.15) is 17.3 Å². The van der Waals surface area contributed by atoms with Gasteiger partial charge in [0.25, 0.3) is 5.91 Å². The van der Waals surface area contributed by atoms with Crippen LogP contribution < -0.4 is 5.32 Å². The van der Waals surface area contributed by atoms with Crippen LogP contribution in [0, 0.1) is 5.82 Å². The van der Waals surface area contributed by atoms with Gasteiger partial charge in [-0.05, 0) is 35.4 Å². The van der Waals surface area contributed by atoms with Gasteiger partial charge in [0.15, 0.2) is 5.58 Å². The molecule has 3 aromatic carbocycles. The Labute approximate surface area is 206 Å². The van der Waals surface area contributed by atoms with Gasteiger partial charge in [-0.2, -0.15) is 0 Å². The Morgan fingerprint density at radius 1 is 0.833 bits per heavy atom. The van der Waals surface area contributed by atoms with E-state index in [0.717, 1.165) is 33.5 Å². The summed E-state index contributed by atoms with van der Waals surface area (Å²) in [6.45, 7) is 1.25. The molecule has 0 saturated heterocycles. The normalized spacial score (nSPS) is 11.4. The zero-order chi connectivity index (χ0) is 24.5. The number of rotatable bonds is 7. The maximum Gasteiger partial charge on any atom is 0.268 e. The second kappa shape index (κ2) is 9.19. The van der Waals surface area contributed by atoms with E-state index in [2.05, 4.69) is 22.0 Å². The first kappa shape index (κ1) is 21.9. The lowest BCUT2D eigenvalue weighted by molar-refractivity contribution is 0.0941. The van der Waals surface area contributed by atoms with Crippen LogP contribution in [0.1, 0.15) is 27.4 Å². The van der Waals surface area contributed by atoms with Crippen LogP contribution in [0.25, 0.3) is 22.1 Å². The second-order valence-corrected chi connectivity index (χ2v) is 8.69. The lowest BCUT2D eigenvalue weighted by atomic mass is 10.2. The molecule has 0 atom stereocenters. The average Bonchev–Trinajstić information content (AvgIpc) is 3.58. The quantitative estimate of drug-likeness (QED) is 0.318. The molecule has 178 valence electrons. The number of nitrogens with one attached hydrogen (secondary N) is 1. The first-order valence-electron chi connectivity index (χ1n) is 11.7. The minimum Gasteiger partial charge on any atom is -0.463 e. The molecule has 3 heterocycles. The number of aromatic nitrogens is 3. The zero-order valence-corrected chi connectivity index (χ0v) is 19.4. The summed E-state index contributed by atoms with van der Waals surface area (Å²) in [5.74, 6) is 0.197. The van der Waals surface area contributed by atoms with Crippen molar-refractivity contribution in [2.75, 3.05) is 0 Å². The Bertz CT molecular complexity index is 1680. The molecule has 0 fully saturated rings. The number of benzene rings is 3. The van der Waals surface area contributed by atoms with Crippen molar-refractivity contribution in [3.05, 3.63) is 126 Å². The molecule has 36 heavy (non-hydrogen) atoms. The van der Waals surface area contributed by atoms with Gasteiger partial charge in [0.05, 0.1) is 29.4 Å². The molecule has 6 aromatic rings. The third-order valence-electron chi connectivity index (χ3n) is 6.31. The van der Waals surface area contributed by atoms with E-state index in [9.17, 15) is 9.18 Å². The van der Waals surface area contributed by atoms with Gasteiger partial charge in [0.2, 0.25) is 0 Å². The molecule has 6 nitrogen and oxygen atoms in total. The highest BCUT2D eigenvalue weighted by atomic mass is 19.1. The van der Waals surface area contributed by atoms with Crippen molar-refractivity contribution in [3.8, 4) is 0 Å². The van der Waals surface area contributed by atoms with Crippen molar-refractivity contribution in [2.24, 2.45) is 0 Å². The molecule has 3 aromatic heterocycles. The molecule has 0 aliphatic heterocycles. The molecular formula is C29H23FN4O2. The fourth-order valence-corrected chi connectivity index (χ4v) is 4.61. The van der Waals surface area contributed by atoms with E-state index in [1.165, 1.54) is 12.1 Å². The fraction of sp³-hybridized carbons (Fsp3) is 0.103. The summed E-state index contributed by atoms with van der Waals surface area (Å²) in [6.07, 6.45) is 1.58. The Hall–Kier alpha value is -4.65. The molecule has 7 heteroatoms. The highest BCUT2D eigenvalue weighted by Gasteiger charge is 2.19. The highest BCUT2D eigenvalue weighted by Crippen LogP contribution is 2.23. The number of hydrogen-bond donors (Lipinski definition) is 1. The largest absolute Gasteiger partial charge is 0.463 e. The first-order chi connectivity index (χ1) is 17.7. The monoisotopic (exact) mass is 478 g/mol. The summed E-state index contributed by atoms with van der Waals surface area (Å²) < 4.78 is 23.3. The van der Waals surface area contributed by atoms with Gasteiger partial charge in [0, 0.05) is 25.2 Å². The lowest BCUT2D eigenvalue weighted by Gasteiger charge is -2.12. The highest BCUT2D eigenvalue weighted by molar-refractivity contribution is 5.97. The summed E-state index contributed by atoms with van der Waals surface area (Å²) in [7, 11) is 0. The van der Waals surface area contributed by atoms with E-state index in [1.807, 2.05) is 59.2 Å². The van der Waals surface area contributed by atoms with Crippen molar-refractivity contribution in [1.29, 1.82) is 0 Å². The maximum atomic E-state index is 13.8. The van der Waals surface area contributed by atoms with Crippen LogP contribution in [0.15, 0.2) is 102 Å². The summed E-state index contributed by atoms with van der Waals surface area (Å²) >= 11 is 0. The number of halogens is 1. The standard InChI is InChI=1S/C29H23FN4O2/c30-22-10-6-9-21(15-22)19-33-25-13-14-36-27(25)16-26(33)29(35)31-17-28-32-23-11-4-5-12-24(23)34(28)18-20-7-2-1-3-8-20/h1-16H,17-19H2,(H,31,35). The molecule has 0 spiro atoms. The van der Waals surface area contributed by atoms with Gasteiger partial charge < -0.3 is 18.9 Å². The van der Waals surface area contributed by atoms with E-state index >= 15 is 0 Å². The van der Waals surface area contributed by atoms with Crippen LogP contribution >= 0.6 is 0 Å². The van der Waals surface area contributed by atoms with Crippen molar-refractivity contribution in [1.82, 2.24) is 19.4 Å².